The van der Waals surface area contributed by atoms with Gasteiger partial charge in [0.2, 0.25) is 5.91 Å². The Labute approximate surface area is 104 Å². The van der Waals surface area contributed by atoms with Crippen molar-refractivity contribution in [3.63, 3.8) is 0 Å². The molecule has 1 heterocycles. The van der Waals surface area contributed by atoms with Gasteiger partial charge < -0.3 is 15.0 Å². The lowest BCUT2D eigenvalue weighted by Gasteiger charge is -2.34. The molecule has 0 radical (unpaired) electrons. The first-order valence-corrected chi connectivity index (χ1v) is 6.79. The molecule has 2 aliphatic rings. The van der Waals surface area contributed by atoms with E-state index in [1.54, 1.807) is 7.11 Å². The van der Waals surface area contributed by atoms with E-state index in [1.807, 2.05) is 4.90 Å². The van der Waals surface area contributed by atoms with Gasteiger partial charge in [0, 0.05) is 26.2 Å². The van der Waals surface area contributed by atoms with Crippen molar-refractivity contribution in [2.75, 3.05) is 33.4 Å². The van der Waals surface area contributed by atoms with Gasteiger partial charge in [-0.15, -0.1) is 0 Å². The molecule has 0 atom stereocenters. The fraction of sp³-hybridized carbons (Fsp3) is 0.923. The van der Waals surface area contributed by atoms with E-state index in [0.717, 1.165) is 31.8 Å². The van der Waals surface area contributed by atoms with Crippen LogP contribution in [0.3, 0.4) is 0 Å². The van der Waals surface area contributed by atoms with Crippen LogP contribution in [0.5, 0.6) is 0 Å². The van der Waals surface area contributed by atoms with E-state index in [2.05, 4.69) is 5.32 Å². The van der Waals surface area contributed by atoms with Crippen LogP contribution >= 0.6 is 0 Å². The van der Waals surface area contributed by atoms with Gasteiger partial charge in [0.25, 0.3) is 0 Å². The zero-order valence-corrected chi connectivity index (χ0v) is 10.8. The normalized spacial score (nSPS) is 22.5. The summed E-state index contributed by atoms with van der Waals surface area (Å²) in [6.45, 7) is 3.16. The Hall–Kier alpha value is -0.610. The van der Waals surface area contributed by atoms with Crippen LogP contribution in [0.25, 0.3) is 0 Å². The number of nitrogens with zero attached hydrogens (tertiary/aromatic N) is 1. The molecule has 0 aromatic heterocycles. The molecule has 98 valence electrons. The van der Waals surface area contributed by atoms with Crippen molar-refractivity contribution in [3.05, 3.63) is 0 Å². The van der Waals surface area contributed by atoms with Crippen molar-refractivity contribution >= 4 is 5.91 Å². The van der Waals surface area contributed by atoms with E-state index in [9.17, 15) is 4.79 Å². The fourth-order valence-corrected chi connectivity index (χ4v) is 2.58. The number of methoxy groups -OCH3 is 1. The number of carbonyl (C=O) groups excluding carboxylic acids is 1. The molecule has 1 amide bonds. The third kappa shape index (κ3) is 3.68. The molecule has 1 N–H and O–H groups in total. The van der Waals surface area contributed by atoms with Gasteiger partial charge in [-0.3, -0.25) is 4.79 Å². The van der Waals surface area contributed by atoms with Gasteiger partial charge in [-0.25, -0.2) is 0 Å². The highest BCUT2D eigenvalue weighted by atomic mass is 16.5. The topological polar surface area (TPSA) is 41.6 Å². The average molecular weight is 240 g/mol. The lowest BCUT2D eigenvalue weighted by Crippen LogP contribution is -2.47. The molecule has 4 nitrogen and oxygen atoms in total. The van der Waals surface area contributed by atoms with E-state index in [4.69, 9.17) is 4.74 Å². The lowest BCUT2D eigenvalue weighted by atomic mass is 9.85. The van der Waals surface area contributed by atoms with Gasteiger partial charge in [0.15, 0.2) is 0 Å². The highest BCUT2D eigenvalue weighted by Crippen LogP contribution is 2.25. The minimum atomic E-state index is 0.130. The van der Waals surface area contributed by atoms with Crippen molar-refractivity contribution < 1.29 is 9.53 Å². The van der Waals surface area contributed by atoms with Crippen LogP contribution in [0.1, 0.15) is 32.1 Å². The number of carbonyl (C=O) groups is 1. The summed E-state index contributed by atoms with van der Waals surface area (Å²) in [6, 6.07) is 0.613. The minimum Gasteiger partial charge on any atom is -0.375 e. The summed E-state index contributed by atoms with van der Waals surface area (Å²) >= 11 is 0. The SMILES string of the molecule is COCC(=O)N1CCC(NCC2CCC2)CC1. The van der Waals surface area contributed by atoms with Crippen molar-refractivity contribution in [2.45, 2.75) is 38.1 Å². The van der Waals surface area contributed by atoms with Crippen molar-refractivity contribution in [1.82, 2.24) is 10.2 Å². The minimum absolute atomic E-state index is 0.130. The lowest BCUT2D eigenvalue weighted by molar-refractivity contribution is -0.136. The van der Waals surface area contributed by atoms with Gasteiger partial charge in [0.05, 0.1) is 0 Å². The molecule has 1 saturated carbocycles. The maximum absolute atomic E-state index is 11.6. The second-order valence-corrected chi connectivity index (χ2v) is 5.29. The summed E-state index contributed by atoms with van der Waals surface area (Å²) in [7, 11) is 1.57. The van der Waals surface area contributed by atoms with Crippen molar-refractivity contribution in [3.8, 4) is 0 Å². The largest absolute Gasteiger partial charge is 0.375 e. The summed E-state index contributed by atoms with van der Waals surface area (Å²) in [5.74, 6) is 1.05. The molecule has 2 fully saturated rings. The molecule has 0 bridgehead atoms. The van der Waals surface area contributed by atoms with Gasteiger partial charge in [-0.05, 0) is 38.1 Å². The Morgan fingerprint density at radius 1 is 1.29 bits per heavy atom. The Kier molecular flexibility index (Phi) is 4.80. The molecular weight excluding hydrogens is 216 g/mol. The Morgan fingerprint density at radius 2 is 2.00 bits per heavy atom. The summed E-state index contributed by atoms with van der Waals surface area (Å²) in [4.78, 5) is 13.5. The number of nitrogens with one attached hydrogen (secondary N) is 1. The van der Waals surface area contributed by atoms with E-state index in [1.165, 1.54) is 25.8 Å². The summed E-state index contributed by atoms with van der Waals surface area (Å²) in [5, 5.41) is 3.65. The predicted molar refractivity (Wildman–Crippen MR) is 66.8 cm³/mol. The Morgan fingerprint density at radius 3 is 2.53 bits per heavy atom. The molecule has 17 heavy (non-hydrogen) atoms. The summed E-state index contributed by atoms with van der Waals surface area (Å²) < 4.78 is 4.88. The zero-order valence-electron chi connectivity index (χ0n) is 10.8. The monoisotopic (exact) mass is 240 g/mol. The standard InChI is InChI=1S/C13H24N2O2/c1-17-10-13(16)15-7-5-12(6-8-15)14-9-11-3-2-4-11/h11-12,14H,2-10H2,1H3. The predicted octanol–water partition coefficient (Wildman–Crippen LogP) is 1.01. The number of piperidine rings is 1. The number of hydrogen-bond donors (Lipinski definition) is 1. The van der Waals surface area contributed by atoms with Crippen molar-refractivity contribution in [1.29, 1.82) is 0 Å². The second-order valence-electron chi connectivity index (χ2n) is 5.29. The second kappa shape index (κ2) is 6.36. The van der Waals surface area contributed by atoms with Crippen LogP contribution in [-0.4, -0.2) is 50.2 Å². The number of amides is 1. The number of rotatable bonds is 5. The average Bonchev–Trinajstić information content (AvgIpc) is 2.28. The van der Waals surface area contributed by atoms with Crippen LogP contribution in [0.2, 0.25) is 0 Å². The van der Waals surface area contributed by atoms with Gasteiger partial charge >= 0.3 is 0 Å². The highest BCUT2D eigenvalue weighted by molar-refractivity contribution is 5.77. The van der Waals surface area contributed by atoms with Crippen LogP contribution in [0.15, 0.2) is 0 Å². The van der Waals surface area contributed by atoms with Gasteiger partial charge in [0.1, 0.15) is 6.61 Å². The van der Waals surface area contributed by atoms with Gasteiger partial charge in [-0.2, -0.15) is 0 Å². The first-order valence-electron chi connectivity index (χ1n) is 6.79. The van der Waals surface area contributed by atoms with Gasteiger partial charge in [-0.1, -0.05) is 6.42 Å². The van der Waals surface area contributed by atoms with E-state index >= 15 is 0 Å². The van der Waals surface area contributed by atoms with Crippen LogP contribution < -0.4 is 5.32 Å². The molecule has 0 unspecified atom stereocenters. The smallest absolute Gasteiger partial charge is 0.248 e. The third-order valence-corrected chi connectivity index (χ3v) is 4.04. The quantitative estimate of drug-likeness (QED) is 0.780. The molecule has 1 aliphatic heterocycles. The highest BCUT2D eigenvalue weighted by Gasteiger charge is 2.24. The van der Waals surface area contributed by atoms with Crippen molar-refractivity contribution in [2.24, 2.45) is 5.92 Å². The molecule has 0 aromatic carbocycles. The maximum Gasteiger partial charge on any atom is 0.248 e. The van der Waals surface area contributed by atoms with E-state index < -0.39 is 0 Å². The van der Waals surface area contributed by atoms with E-state index in [-0.39, 0.29) is 12.5 Å². The molecule has 4 heteroatoms. The van der Waals surface area contributed by atoms with Crippen LogP contribution in [-0.2, 0) is 9.53 Å². The summed E-state index contributed by atoms with van der Waals surface area (Å²) in [5.41, 5.74) is 0. The molecule has 0 aromatic rings. The molecule has 0 spiro atoms. The molecular formula is C13H24N2O2. The number of ether oxygens (including phenoxy) is 1. The Bertz CT molecular complexity index is 246. The van der Waals surface area contributed by atoms with Crippen LogP contribution in [0.4, 0.5) is 0 Å². The third-order valence-electron chi connectivity index (χ3n) is 4.04. The molecule has 1 aliphatic carbocycles. The number of hydrogen-bond acceptors (Lipinski definition) is 3. The number of likely N-dealkylation sites (tertiary alicyclic amines) is 1. The molecule has 2 rings (SSSR count). The first kappa shape index (κ1) is 12.8. The maximum atomic E-state index is 11.6. The van der Waals surface area contributed by atoms with Crippen LogP contribution in [0, 0.1) is 5.92 Å². The summed E-state index contributed by atoms with van der Waals surface area (Å²) in [6.07, 6.45) is 6.39. The van der Waals surface area contributed by atoms with E-state index in [0.29, 0.717) is 6.04 Å². The zero-order chi connectivity index (χ0) is 12.1. The molecule has 1 saturated heterocycles. The fourth-order valence-electron chi connectivity index (χ4n) is 2.58. The Balaban J connectivity index is 1.61. The first-order chi connectivity index (χ1) is 8.29.